The molecule has 15 heteroatoms. The van der Waals surface area contributed by atoms with Gasteiger partial charge in [0.2, 0.25) is 0 Å². The maximum atomic E-state index is 13.6. The number of benzene rings is 3. The Morgan fingerprint density at radius 2 is 1.34 bits per heavy atom. The van der Waals surface area contributed by atoms with Crippen LogP contribution in [-0.4, -0.2) is 95.1 Å². The van der Waals surface area contributed by atoms with Crippen LogP contribution in [0.4, 0.5) is 0 Å². The summed E-state index contributed by atoms with van der Waals surface area (Å²) in [6, 6.07) is 28.0. The molecule has 3 aromatic rings. The predicted molar refractivity (Wildman–Crippen MR) is 215 cm³/mol. The summed E-state index contributed by atoms with van der Waals surface area (Å²) in [6.45, 7) is 15.0. The number of rotatable bonds is 16. The van der Waals surface area contributed by atoms with Crippen molar-refractivity contribution in [2.24, 2.45) is 5.11 Å². The van der Waals surface area contributed by atoms with Crippen molar-refractivity contribution in [3.63, 3.8) is 0 Å². The van der Waals surface area contributed by atoms with E-state index >= 15 is 0 Å². The van der Waals surface area contributed by atoms with Crippen molar-refractivity contribution in [3.8, 4) is 0 Å². The lowest BCUT2D eigenvalue weighted by molar-refractivity contribution is -0.329. The molecular formula is C43H57N3O11Si. The van der Waals surface area contributed by atoms with E-state index in [4.69, 9.17) is 47.1 Å². The SMILES string of the molecule is COC(=O)[C@@H]1O[C@@H]2OC(C)(C)O[C@@H]2[C@@H](OCc2ccccc2)[C@@H]1O[C@H]1O[C@H](COCc2ccccc2)[C@@H](O[Si](C)(C)C(C)(C)C)[C@H](OCc2ccccc2)[C@H]1N=[N+]=[N-]. The Kier molecular flexibility index (Phi) is 14.5. The second-order valence-corrected chi connectivity index (χ2v) is 21.5. The summed E-state index contributed by atoms with van der Waals surface area (Å²) in [5.41, 5.74) is 12.9. The van der Waals surface area contributed by atoms with Crippen molar-refractivity contribution in [3.05, 3.63) is 118 Å². The first-order chi connectivity index (χ1) is 27.7. The number of nitrogens with zero attached hydrogens (tertiary/aromatic N) is 3. The first-order valence-electron chi connectivity index (χ1n) is 19.7. The third kappa shape index (κ3) is 10.7. The van der Waals surface area contributed by atoms with E-state index in [1.807, 2.05) is 91.0 Å². The lowest BCUT2D eigenvalue weighted by atomic mass is 9.95. The van der Waals surface area contributed by atoms with Crippen molar-refractivity contribution in [2.75, 3.05) is 13.7 Å². The molecule has 3 aromatic carbocycles. The van der Waals surface area contributed by atoms with Crippen molar-refractivity contribution >= 4 is 14.3 Å². The van der Waals surface area contributed by atoms with Crippen LogP contribution in [0.5, 0.6) is 0 Å². The van der Waals surface area contributed by atoms with E-state index in [0.29, 0.717) is 6.61 Å². The molecule has 3 saturated heterocycles. The second-order valence-electron chi connectivity index (χ2n) is 16.8. The molecule has 14 nitrogen and oxygen atoms in total. The van der Waals surface area contributed by atoms with Gasteiger partial charge in [-0.3, -0.25) is 0 Å². The number of hydrogen-bond acceptors (Lipinski definition) is 12. The average Bonchev–Trinajstić information content (AvgIpc) is 3.52. The number of esters is 1. The van der Waals surface area contributed by atoms with Gasteiger partial charge in [0.05, 0.1) is 39.6 Å². The van der Waals surface area contributed by atoms with Gasteiger partial charge >= 0.3 is 5.97 Å². The Labute approximate surface area is 342 Å². The number of fused-ring (bicyclic) bond motifs is 1. The molecule has 6 rings (SSSR count). The average molecular weight is 820 g/mol. The molecule has 3 aliphatic heterocycles. The number of azide groups is 1. The van der Waals surface area contributed by atoms with Crippen molar-refractivity contribution in [1.82, 2.24) is 0 Å². The highest BCUT2D eigenvalue weighted by molar-refractivity contribution is 6.74. The summed E-state index contributed by atoms with van der Waals surface area (Å²) < 4.78 is 64.5. The Bertz CT molecular complexity index is 1810. The molecule has 0 radical (unpaired) electrons. The molecule has 10 atom stereocenters. The van der Waals surface area contributed by atoms with Crippen molar-refractivity contribution in [2.45, 2.75) is 140 Å². The Morgan fingerprint density at radius 1 is 0.793 bits per heavy atom. The number of methoxy groups -OCH3 is 1. The molecule has 0 N–H and O–H groups in total. The highest BCUT2D eigenvalue weighted by Crippen LogP contribution is 2.43. The lowest BCUT2D eigenvalue weighted by Crippen LogP contribution is -2.66. The van der Waals surface area contributed by atoms with E-state index in [1.54, 1.807) is 13.8 Å². The molecule has 3 heterocycles. The van der Waals surface area contributed by atoms with Crippen LogP contribution < -0.4 is 0 Å². The van der Waals surface area contributed by atoms with Crippen LogP contribution >= 0.6 is 0 Å². The van der Waals surface area contributed by atoms with Crippen LogP contribution in [0.25, 0.3) is 10.4 Å². The molecule has 0 aromatic heterocycles. The van der Waals surface area contributed by atoms with Crippen LogP contribution in [0.3, 0.4) is 0 Å². The monoisotopic (exact) mass is 819 g/mol. The minimum Gasteiger partial charge on any atom is -0.467 e. The van der Waals surface area contributed by atoms with E-state index in [9.17, 15) is 10.3 Å². The molecule has 3 aliphatic rings. The molecule has 0 saturated carbocycles. The Morgan fingerprint density at radius 3 is 1.88 bits per heavy atom. The van der Waals surface area contributed by atoms with E-state index in [0.717, 1.165) is 16.7 Å². The summed E-state index contributed by atoms with van der Waals surface area (Å²) >= 11 is 0. The summed E-state index contributed by atoms with van der Waals surface area (Å²) in [6.07, 6.45) is -9.04. The van der Waals surface area contributed by atoms with Crippen LogP contribution in [0.1, 0.15) is 51.3 Å². The van der Waals surface area contributed by atoms with Gasteiger partial charge in [0.15, 0.2) is 32.8 Å². The van der Waals surface area contributed by atoms with Gasteiger partial charge in [-0.2, -0.15) is 0 Å². The van der Waals surface area contributed by atoms with Gasteiger partial charge in [0.1, 0.15) is 36.6 Å². The van der Waals surface area contributed by atoms with Crippen molar-refractivity contribution < 1.29 is 51.9 Å². The topological polar surface area (TPSA) is 158 Å². The minimum atomic E-state index is -2.54. The third-order valence-corrected chi connectivity index (χ3v) is 15.5. The summed E-state index contributed by atoms with van der Waals surface area (Å²) in [5.74, 6) is -1.79. The molecule has 0 spiro atoms. The van der Waals surface area contributed by atoms with Crippen LogP contribution in [0.15, 0.2) is 96.1 Å². The number of carbonyl (C=O) groups is 1. The summed E-state index contributed by atoms with van der Waals surface area (Å²) in [7, 11) is -1.28. The Hall–Kier alpha value is -3.70. The maximum Gasteiger partial charge on any atom is 0.337 e. The highest BCUT2D eigenvalue weighted by atomic mass is 28.4. The fourth-order valence-corrected chi connectivity index (χ4v) is 8.36. The van der Waals surface area contributed by atoms with Gasteiger partial charge in [0.25, 0.3) is 0 Å². The fourth-order valence-electron chi connectivity index (χ4n) is 7.04. The number of ether oxygens (including phenoxy) is 9. The summed E-state index contributed by atoms with van der Waals surface area (Å²) in [5, 5.41) is 4.08. The first kappa shape index (κ1) is 43.9. The van der Waals surface area contributed by atoms with Crippen LogP contribution in [-0.2, 0) is 71.7 Å². The van der Waals surface area contributed by atoms with Crippen LogP contribution in [0.2, 0.25) is 18.1 Å². The van der Waals surface area contributed by atoms with Crippen LogP contribution in [0, 0.1) is 0 Å². The number of carbonyl (C=O) groups excluding carboxylic acids is 1. The molecule has 0 amide bonds. The minimum absolute atomic E-state index is 0.0770. The zero-order valence-corrected chi connectivity index (χ0v) is 35.6. The summed E-state index contributed by atoms with van der Waals surface area (Å²) in [4.78, 5) is 16.9. The van der Waals surface area contributed by atoms with Gasteiger partial charge < -0.3 is 47.1 Å². The molecule has 3 fully saturated rings. The maximum absolute atomic E-state index is 13.6. The van der Waals surface area contributed by atoms with Gasteiger partial charge in [-0.1, -0.05) is 117 Å². The van der Waals surface area contributed by atoms with Crippen molar-refractivity contribution in [1.29, 1.82) is 0 Å². The second kappa shape index (κ2) is 19.1. The largest absolute Gasteiger partial charge is 0.467 e. The Balaban J connectivity index is 1.40. The van der Waals surface area contributed by atoms with Gasteiger partial charge in [0, 0.05) is 4.91 Å². The smallest absolute Gasteiger partial charge is 0.337 e. The third-order valence-electron chi connectivity index (χ3n) is 11.0. The lowest BCUT2D eigenvalue weighted by Gasteiger charge is -2.50. The van der Waals surface area contributed by atoms with E-state index in [1.165, 1.54) is 7.11 Å². The van der Waals surface area contributed by atoms with E-state index in [-0.39, 0.29) is 24.9 Å². The molecule has 0 aliphatic carbocycles. The van der Waals surface area contributed by atoms with Gasteiger partial charge in [-0.25, -0.2) is 4.79 Å². The quantitative estimate of drug-likeness (QED) is 0.0461. The van der Waals surface area contributed by atoms with Gasteiger partial charge in [-0.15, -0.1) is 0 Å². The zero-order valence-electron chi connectivity index (χ0n) is 34.6. The fraction of sp³-hybridized carbons (Fsp3) is 0.558. The molecule has 0 unspecified atom stereocenters. The number of hydrogen-bond donors (Lipinski definition) is 0. The van der Waals surface area contributed by atoms with E-state index in [2.05, 4.69) is 43.9 Å². The highest BCUT2D eigenvalue weighted by Gasteiger charge is 2.60. The standard InChI is InChI=1S/C43H57N3O11Si/c1-42(2,3)58(7,8)57-33-31(27-49-24-28-18-12-9-13-19-28)52-40(32(45-46-44)34(33)50-25-29-20-14-10-15-21-29)53-36-35(51-26-30-22-16-11-17-23-30)38-41(56-43(4,5)55-38)54-37(36)39(47)48-6/h9-23,31-38,40-41H,24-27H2,1-8H3/t31-,32-,33-,34-,35+,36+,37-,38-,40-,41-/m1/s1. The molecular weight excluding hydrogens is 763 g/mol. The van der Waals surface area contributed by atoms with E-state index < -0.39 is 81.4 Å². The van der Waals surface area contributed by atoms with Gasteiger partial charge in [-0.05, 0) is 54.2 Å². The molecule has 0 bridgehead atoms. The molecule has 314 valence electrons. The normalized spacial score (nSPS) is 29.6. The first-order valence-corrected chi connectivity index (χ1v) is 22.6. The molecule has 58 heavy (non-hydrogen) atoms. The predicted octanol–water partition coefficient (Wildman–Crippen LogP) is 7.60. The zero-order chi connectivity index (χ0) is 41.5.